The number of hydrogen-bond acceptors (Lipinski definition) is 1. The third kappa shape index (κ3) is 4.06. The third-order valence-electron chi connectivity index (χ3n) is 2.15. The molecule has 3 nitrogen and oxygen atoms in total. The number of halogens is 1. The summed E-state index contributed by atoms with van der Waals surface area (Å²) in [7, 11) is 0. The van der Waals surface area contributed by atoms with Crippen LogP contribution in [0.25, 0.3) is 5.57 Å². The zero-order chi connectivity index (χ0) is 12.1. The van der Waals surface area contributed by atoms with Gasteiger partial charge < -0.3 is 10.4 Å². The second-order valence-corrected chi connectivity index (χ2v) is 4.51. The van der Waals surface area contributed by atoms with Crippen molar-refractivity contribution in [2.75, 3.05) is 0 Å². The van der Waals surface area contributed by atoms with Gasteiger partial charge in [0.25, 0.3) is 0 Å². The fraction of sp³-hybridized carbons (Fsp3) is 0.250. The van der Waals surface area contributed by atoms with Gasteiger partial charge in [-0.3, -0.25) is 0 Å². The summed E-state index contributed by atoms with van der Waals surface area (Å²) in [4.78, 5) is 10.4. The molecule has 0 unspecified atom stereocenters. The van der Waals surface area contributed by atoms with Crippen LogP contribution in [0.1, 0.15) is 19.4 Å². The van der Waals surface area contributed by atoms with Crippen LogP contribution in [0.4, 0.5) is 4.79 Å². The molecule has 0 aliphatic rings. The van der Waals surface area contributed by atoms with Crippen LogP contribution in [0.2, 0.25) is 0 Å². The Morgan fingerprint density at radius 2 is 2.00 bits per heavy atom. The molecule has 0 aromatic heterocycles. The molecule has 1 aromatic rings. The molecule has 0 spiro atoms. The Balaban J connectivity index is 2.76. The molecule has 0 bridgehead atoms. The standard InChI is InChI=1S/C12H14BrNO2/c1-8(7-9(2)14-12(15)16)10-3-5-11(13)6-4-10/h3-7,9,14H,1-2H3,(H,15,16)/b8-7+/t9-/m1/s1. The molecule has 0 saturated heterocycles. The molecular formula is C12H14BrNO2. The van der Waals surface area contributed by atoms with Crippen molar-refractivity contribution in [3.05, 3.63) is 40.4 Å². The molecule has 1 rings (SSSR count). The molecule has 0 fully saturated rings. The second kappa shape index (κ2) is 5.70. The zero-order valence-corrected chi connectivity index (χ0v) is 10.8. The summed E-state index contributed by atoms with van der Waals surface area (Å²) < 4.78 is 1.03. The fourth-order valence-corrected chi connectivity index (χ4v) is 1.68. The van der Waals surface area contributed by atoms with E-state index in [1.165, 1.54) is 0 Å². The average molecular weight is 284 g/mol. The van der Waals surface area contributed by atoms with Crippen LogP contribution in [-0.2, 0) is 0 Å². The normalized spacial score (nSPS) is 13.3. The second-order valence-electron chi connectivity index (χ2n) is 3.59. The maximum atomic E-state index is 10.4. The molecule has 1 amide bonds. The Morgan fingerprint density at radius 1 is 1.44 bits per heavy atom. The average Bonchev–Trinajstić information content (AvgIpc) is 2.16. The van der Waals surface area contributed by atoms with Crippen molar-refractivity contribution in [2.24, 2.45) is 0 Å². The van der Waals surface area contributed by atoms with Crippen LogP contribution in [0.5, 0.6) is 0 Å². The predicted octanol–water partition coefficient (Wildman–Crippen LogP) is 3.51. The third-order valence-corrected chi connectivity index (χ3v) is 2.68. The van der Waals surface area contributed by atoms with E-state index in [0.29, 0.717) is 0 Å². The lowest BCUT2D eigenvalue weighted by Crippen LogP contribution is -2.29. The number of carboxylic acid groups (broad SMARTS) is 1. The van der Waals surface area contributed by atoms with Crippen LogP contribution in [-0.4, -0.2) is 17.2 Å². The summed E-state index contributed by atoms with van der Waals surface area (Å²) in [6.45, 7) is 3.76. The van der Waals surface area contributed by atoms with Gasteiger partial charge in [-0.2, -0.15) is 0 Å². The Bertz CT molecular complexity index is 398. The minimum atomic E-state index is -1.01. The van der Waals surface area contributed by atoms with E-state index in [2.05, 4.69) is 21.2 Å². The van der Waals surface area contributed by atoms with Crippen LogP contribution >= 0.6 is 15.9 Å². The van der Waals surface area contributed by atoms with Gasteiger partial charge >= 0.3 is 6.09 Å². The summed E-state index contributed by atoms with van der Waals surface area (Å²) in [5, 5.41) is 10.9. The number of allylic oxidation sites excluding steroid dienone is 1. The minimum absolute atomic E-state index is 0.193. The number of nitrogens with one attached hydrogen (secondary N) is 1. The van der Waals surface area contributed by atoms with Crippen molar-refractivity contribution in [1.82, 2.24) is 5.32 Å². The molecule has 0 aliphatic heterocycles. The molecular weight excluding hydrogens is 270 g/mol. The maximum absolute atomic E-state index is 10.4. The molecule has 16 heavy (non-hydrogen) atoms. The molecule has 0 heterocycles. The SMILES string of the molecule is C/C(=C\[C@@H](C)NC(=O)O)c1ccc(Br)cc1. The van der Waals surface area contributed by atoms with Crippen LogP contribution < -0.4 is 5.32 Å². The Labute approximate surface area is 103 Å². The summed E-state index contributed by atoms with van der Waals surface area (Å²) in [5.41, 5.74) is 2.14. The first-order valence-corrected chi connectivity index (χ1v) is 5.72. The van der Waals surface area contributed by atoms with Crippen molar-refractivity contribution in [1.29, 1.82) is 0 Å². The number of benzene rings is 1. The first-order valence-electron chi connectivity index (χ1n) is 4.93. The highest BCUT2D eigenvalue weighted by atomic mass is 79.9. The highest BCUT2D eigenvalue weighted by Crippen LogP contribution is 2.17. The van der Waals surface area contributed by atoms with Crippen molar-refractivity contribution in [3.8, 4) is 0 Å². The summed E-state index contributed by atoms with van der Waals surface area (Å²) in [5.74, 6) is 0. The lowest BCUT2D eigenvalue weighted by Gasteiger charge is -2.08. The van der Waals surface area contributed by atoms with E-state index in [9.17, 15) is 4.79 Å². The van der Waals surface area contributed by atoms with E-state index >= 15 is 0 Å². The number of amides is 1. The molecule has 0 saturated carbocycles. The van der Waals surface area contributed by atoms with E-state index in [0.717, 1.165) is 15.6 Å². The highest BCUT2D eigenvalue weighted by Gasteiger charge is 2.03. The Hall–Kier alpha value is -1.29. The number of carbonyl (C=O) groups is 1. The van der Waals surface area contributed by atoms with Crippen LogP contribution in [0.15, 0.2) is 34.8 Å². The molecule has 86 valence electrons. The van der Waals surface area contributed by atoms with Crippen LogP contribution in [0, 0.1) is 0 Å². The quantitative estimate of drug-likeness (QED) is 0.892. The minimum Gasteiger partial charge on any atom is -0.465 e. The van der Waals surface area contributed by atoms with E-state index in [1.807, 2.05) is 37.3 Å². The van der Waals surface area contributed by atoms with Gasteiger partial charge in [-0.25, -0.2) is 4.79 Å². The molecule has 1 atom stereocenters. The highest BCUT2D eigenvalue weighted by molar-refractivity contribution is 9.10. The van der Waals surface area contributed by atoms with Crippen molar-refractivity contribution >= 4 is 27.6 Å². The van der Waals surface area contributed by atoms with Gasteiger partial charge in [-0.1, -0.05) is 34.1 Å². The molecule has 0 radical (unpaired) electrons. The van der Waals surface area contributed by atoms with Gasteiger partial charge in [0.15, 0.2) is 0 Å². The van der Waals surface area contributed by atoms with Gasteiger partial charge in [0.05, 0.1) is 0 Å². The molecule has 1 aromatic carbocycles. The van der Waals surface area contributed by atoms with Gasteiger partial charge in [0.1, 0.15) is 0 Å². The van der Waals surface area contributed by atoms with Gasteiger partial charge in [0.2, 0.25) is 0 Å². The smallest absolute Gasteiger partial charge is 0.405 e. The fourth-order valence-electron chi connectivity index (χ4n) is 1.42. The number of rotatable bonds is 3. The summed E-state index contributed by atoms with van der Waals surface area (Å²) in [6.07, 6.45) is 0.879. The van der Waals surface area contributed by atoms with Gasteiger partial charge in [-0.15, -0.1) is 0 Å². The lowest BCUT2D eigenvalue weighted by molar-refractivity contribution is 0.193. The first kappa shape index (κ1) is 12.8. The van der Waals surface area contributed by atoms with Gasteiger partial charge in [0, 0.05) is 10.5 Å². The topological polar surface area (TPSA) is 49.3 Å². The Morgan fingerprint density at radius 3 is 2.50 bits per heavy atom. The van der Waals surface area contributed by atoms with Crippen molar-refractivity contribution < 1.29 is 9.90 Å². The molecule has 0 aliphatic carbocycles. The maximum Gasteiger partial charge on any atom is 0.405 e. The van der Waals surface area contributed by atoms with Crippen molar-refractivity contribution in [3.63, 3.8) is 0 Å². The summed E-state index contributed by atoms with van der Waals surface area (Å²) >= 11 is 3.37. The summed E-state index contributed by atoms with van der Waals surface area (Å²) in [6, 6.07) is 7.71. The largest absolute Gasteiger partial charge is 0.465 e. The van der Waals surface area contributed by atoms with E-state index in [-0.39, 0.29) is 6.04 Å². The molecule has 2 N–H and O–H groups in total. The molecule has 4 heteroatoms. The first-order chi connectivity index (χ1) is 7.49. The van der Waals surface area contributed by atoms with E-state index < -0.39 is 6.09 Å². The predicted molar refractivity (Wildman–Crippen MR) is 68.4 cm³/mol. The van der Waals surface area contributed by atoms with Crippen LogP contribution in [0.3, 0.4) is 0 Å². The zero-order valence-electron chi connectivity index (χ0n) is 9.20. The van der Waals surface area contributed by atoms with Crippen molar-refractivity contribution in [2.45, 2.75) is 19.9 Å². The lowest BCUT2D eigenvalue weighted by atomic mass is 10.1. The van der Waals surface area contributed by atoms with Gasteiger partial charge in [-0.05, 0) is 37.1 Å². The monoisotopic (exact) mass is 283 g/mol. The van der Waals surface area contributed by atoms with E-state index in [4.69, 9.17) is 5.11 Å². The number of hydrogen-bond donors (Lipinski definition) is 2. The van der Waals surface area contributed by atoms with E-state index in [1.54, 1.807) is 6.92 Å². The Kier molecular flexibility index (Phi) is 4.55.